The molecule has 2 saturated carbocycles. The zero-order valence-electron chi connectivity index (χ0n) is 32.7. The van der Waals surface area contributed by atoms with Gasteiger partial charge in [0.15, 0.2) is 0 Å². The van der Waals surface area contributed by atoms with E-state index < -0.39 is 0 Å². The summed E-state index contributed by atoms with van der Waals surface area (Å²) in [7, 11) is 3.20. The second kappa shape index (κ2) is 39.8. The van der Waals surface area contributed by atoms with Crippen molar-refractivity contribution in [2.24, 2.45) is 28.9 Å². The molecule has 0 amide bonds. The summed E-state index contributed by atoms with van der Waals surface area (Å²) in [6.07, 6.45) is 20.6. The number of hydrogen-bond acceptors (Lipinski definition) is 8. The van der Waals surface area contributed by atoms with Crippen molar-refractivity contribution >= 4 is 70.5 Å². The van der Waals surface area contributed by atoms with E-state index in [1.807, 2.05) is 35.3 Å². The van der Waals surface area contributed by atoms with Gasteiger partial charge in [-0.2, -0.15) is 47.0 Å². The summed E-state index contributed by atoms with van der Waals surface area (Å²) in [5.74, 6) is 8.57. The van der Waals surface area contributed by atoms with Crippen molar-refractivity contribution in [2.75, 3.05) is 69.7 Å². The highest BCUT2D eigenvalue weighted by atomic mass is 32.2. The topological polar surface area (TPSA) is 233 Å². The molecular weight excluding hydrogens is 733 g/mol. The lowest BCUT2D eigenvalue weighted by molar-refractivity contribution is -0.453. The molecule has 2 fully saturated rings. The molecule has 52 heavy (non-hydrogen) atoms. The number of methoxy groups -OCH3 is 2. The fourth-order valence-corrected chi connectivity index (χ4v) is 9.45. The Labute approximate surface area is 336 Å². The summed E-state index contributed by atoms with van der Waals surface area (Å²) in [5, 5.41) is 13.6. The average Bonchev–Trinajstić information content (AvgIpc) is 3.10. The second-order valence-corrected chi connectivity index (χ2v) is 18.0. The molecular formula is C37H84N8O3S4+4. The molecule has 0 aliphatic heterocycles. The largest absolute Gasteiger partial charge is 0.451 e. The molecule has 0 radical (unpaired) electrons. The zero-order chi connectivity index (χ0) is 37.2. The maximum atomic E-state index is 6.06. The molecule has 0 aromatic heterocycles. The van der Waals surface area contributed by atoms with Gasteiger partial charge in [-0.25, -0.2) is 10.8 Å². The molecule has 0 aromatic carbocycles. The van der Waals surface area contributed by atoms with Crippen LogP contribution in [0.1, 0.15) is 117 Å². The number of amidine groups is 2. The molecule has 0 spiro atoms. The standard InChI is InChI=1S/C18H36N4S2.C10H20N2O2.C8H18N2S2.CH4.H2O/c1-15-9-10-16(15)24-14-12-22-18(20)8-6-4-3-5-7-17(19)21-11-13-23-2;1-13-9(11)7-5-3-4-6-8-10(12)14-2;9-3-5-11-7-1-2-8(7)12-6-4-10;;/h15-16H,3-14H2,1-2H3,(H2,19,21)(H2,20,22);11-12H,3-8H2,1-2H3;7-8H,1-6,9-10H2;1H4;1H2/p+4. The van der Waals surface area contributed by atoms with E-state index in [-0.39, 0.29) is 12.9 Å². The van der Waals surface area contributed by atoms with Gasteiger partial charge < -0.3 is 26.4 Å². The van der Waals surface area contributed by atoms with E-state index in [9.17, 15) is 0 Å². The van der Waals surface area contributed by atoms with Crippen LogP contribution >= 0.6 is 47.0 Å². The number of unbranched alkanes of at least 4 members (excludes halogenated alkanes) is 6. The van der Waals surface area contributed by atoms with Crippen molar-refractivity contribution in [1.82, 2.24) is 0 Å². The smallest absolute Gasteiger partial charge is 0.332 e. The van der Waals surface area contributed by atoms with Gasteiger partial charge in [0.25, 0.3) is 0 Å². The predicted octanol–water partition coefficient (Wildman–Crippen LogP) is -0.255. The van der Waals surface area contributed by atoms with Gasteiger partial charge in [0.1, 0.15) is 0 Å². The molecule has 2 aliphatic carbocycles. The molecule has 0 heterocycles. The Balaban J connectivity index is -0.000000735. The third-order valence-corrected chi connectivity index (χ3v) is 14.1. The van der Waals surface area contributed by atoms with Crippen LogP contribution in [0, 0.1) is 5.92 Å². The number of hydrogen-bond donors (Lipinski definition) is 8. The Bertz CT molecular complexity index is 871. The van der Waals surface area contributed by atoms with Crippen LogP contribution < -0.4 is 43.7 Å². The van der Waals surface area contributed by atoms with Crippen LogP contribution in [0.15, 0.2) is 0 Å². The lowest BCUT2D eigenvalue weighted by atomic mass is 9.87. The summed E-state index contributed by atoms with van der Waals surface area (Å²) in [4.78, 5) is 6.65. The van der Waals surface area contributed by atoms with E-state index in [0.717, 1.165) is 128 Å². The van der Waals surface area contributed by atoms with Gasteiger partial charge in [0.05, 0.1) is 40.2 Å². The van der Waals surface area contributed by atoms with Crippen molar-refractivity contribution in [1.29, 1.82) is 0 Å². The first kappa shape index (κ1) is 55.5. The monoisotopic (exact) mass is 817 g/mol. The molecule has 0 aromatic rings. The lowest BCUT2D eigenvalue weighted by Crippen LogP contribution is -2.76. The first-order valence-electron chi connectivity index (χ1n) is 19.0. The van der Waals surface area contributed by atoms with E-state index in [1.54, 1.807) is 14.2 Å². The zero-order valence-corrected chi connectivity index (χ0v) is 36.0. The Hall–Kier alpha value is -0.840. The normalized spacial score (nSPS) is 19.2. The molecule has 16 N–H and O–H groups in total. The van der Waals surface area contributed by atoms with E-state index in [1.165, 1.54) is 57.1 Å². The molecule has 11 nitrogen and oxygen atoms in total. The highest BCUT2D eigenvalue weighted by Gasteiger charge is 2.30. The molecule has 4 unspecified atom stereocenters. The Morgan fingerprint density at radius 3 is 1.33 bits per heavy atom. The molecule has 0 saturated heterocycles. The minimum atomic E-state index is 0. The van der Waals surface area contributed by atoms with Crippen LogP contribution in [0.2, 0.25) is 0 Å². The van der Waals surface area contributed by atoms with E-state index in [0.29, 0.717) is 11.8 Å². The van der Waals surface area contributed by atoms with Crippen molar-refractivity contribution in [2.45, 2.75) is 133 Å². The van der Waals surface area contributed by atoms with Gasteiger partial charge in [-0.05, 0) is 63.5 Å². The summed E-state index contributed by atoms with van der Waals surface area (Å²) in [5.41, 5.74) is 22.9. The number of thioether (sulfide) groups is 4. The number of rotatable bonds is 27. The number of nitrogens with two attached hydrogens (primary N) is 6. The van der Waals surface area contributed by atoms with Gasteiger partial charge in [-0.15, -0.1) is 0 Å². The first-order chi connectivity index (χ1) is 24.2. The third kappa shape index (κ3) is 32.6. The Morgan fingerprint density at radius 1 is 0.615 bits per heavy atom. The van der Waals surface area contributed by atoms with Gasteiger partial charge in [0.2, 0.25) is 11.7 Å². The van der Waals surface area contributed by atoms with Crippen LogP contribution in [-0.4, -0.2) is 114 Å². The molecule has 2 aliphatic rings. The maximum absolute atomic E-state index is 6.06. The number of nitrogens with one attached hydrogen (secondary N) is 2. The van der Waals surface area contributed by atoms with E-state index in [4.69, 9.17) is 43.2 Å². The maximum Gasteiger partial charge on any atom is 0.332 e. The minimum absolute atomic E-state index is 0. The highest BCUT2D eigenvalue weighted by molar-refractivity contribution is 8.04. The molecule has 4 atom stereocenters. The highest BCUT2D eigenvalue weighted by Crippen LogP contribution is 2.39. The number of ether oxygens (including phenoxy) is 2. The molecule has 310 valence electrons. The van der Waals surface area contributed by atoms with Crippen molar-refractivity contribution in [3.05, 3.63) is 0 Å². The van der Waals surface area contributed by atoms with Crippen LogP contribution in [0.4, 0.5) is 0 Å². The van der Waals surface area contributed by atoms with Gasteiger partial charge in [-0.1, -0.05) is 40.0 Å². The average molecular weight is 817 g/mol. The summed E-state index contributed by atoms with van der Waals surface area (Å²) in [6, 6.07) is 0. The SMILES string of the molecule is C.COC(=[NH2+])CCCCCCC(=[NH2+])OC.CSCC[NH+]=C(N)CCCCCCC(N)=[NH+]CCSC1CCC1C.NCCSC1CCC1SCCN.O. The fraction of sp³-hybridized carbons (Fsp3) is 0.892. The van der Waals surface area contributed by atoms with Crippen molar-refractivity contribution in [3.8, 4) is 0 Å². The van der Waals surface area contributed by atoms with E-state index >= 15 is 0 Å². The minimum Gasteiger partial charge on any atom is -0.451 e. The molecule has 0 bridgehead atoms. The molecule has 2 rings (SSSR count). The van der Waals surface area contributed by atoms with E-state index in [2.05, 4.69) is 34.9 Å². The Kier molecular flexibility index (Phi) is 42.5. The van der Waals surface area contributed by atoms with Crippen LogP contribution in [0.3, 0.4) is 0 Å². The summed E-state index contributed by atoms with van der Waals surface area (Å²) in [6.45, 7) is 5.97. The van der Waals surface area contributed by atoms with Gasteiger partial charge in [0, 0.05) is 64.7 Å². The van der Waals surface area contributed by atoms with Crippen LogP contribution in [0.25, 0.3) is 0 Å². The first-order valence-corrected chi connectivity index (χ1v) is 23.5. The van der Waals surface area contributed by atoms with Crippen LogP contribution in [0.5, 0.6) is 0 Å². The quantitative estimate of drug-likeness (QED) is 0.0308. The Morgan fingerprint density at radius 2 is 1.00 bits per heavy atom. The summed E-state index contributed by atoms with van der Waals surface area (Å²) < 4.78 is 9.73. The van der Waals surface area contributed by atoms with Crippen LogP contribution in [-0.2, 0) is 9.47 Å². The fourth-order valence-electron chi connectivity index (χ4n) is 5.20. The molecule has 15 heteroatoms. The second-order valence-electron chi connectivity index (χ2n) is 13.0. The van der Waals surface area contributed by atoms with Gasteiger partial charge >= 0.3 is 11.8 Å². The third-order valence-electron chi connectivity index (χ3n) is 8.80. The lowest BCUT2D eigenvalue weighted by Gasteiger charge is -2.35. The van der Waals surface area contributed by atoms with Gasteiger partial charge in [-0.3, -0.25) is 21.5 Å². The predicted molar refractivity (Wildman–Crippen MR) is 237 cm³/mol. The van der Waals surface area contributed by atoms with Crippen molar-refractivity contribution < 1.29 is 35.8 Å². The van der Waals surface area contributed by atoms with Crippen molar-refractivity contribution in [3.63, 3.8) is 0 Å². The summed E-state index contributed by atoms with van der Waals surface area (Å²) >= 11 is 8.02.